The maximum absolute atomic E-state index is 12.5. The van der Waals surface area contributed by atoms with Crippen molar-refractivity contribution < 1.29 is 9.53 Å². The van der Waals surface area contributed by atoms with Crippen molar-refractivity contribution in [1.82, 2.24) is 5.32 Å². The van der Waals surface area contributed by atoms with E-state index in [9.17, 15) is 4.79 Å². The lowest BCUT2D eigenvalue weighted by Gasteiger charge is -2.37. The summed E-state index contributed by atoms with van der Waals surface area (Å²) in [5.74, 6) is 0.920. The Morgan fingerprint density at radius 1 is 1.12 bits per heavy atom. The van der Waals surface area contributed by atoms with Crippen LogP contribution in [0.1, 0.15) is 49.9 Å². The number of aryl methyl sites for hydroxylation is 1. The zero-order valence-electron chi connectivity index (χ0n) is 14.6. The molecule has 126 valence electrons. The SMILES string of the molecule is CCc1ccc(CC(=O)N[C@@H]2CC(C)(C)Oc3ccccc32)cc1. The molecule has 0 fully saturated rings. The molecule has 2 aromatic carbocycles. The molecule has 0 saturated carbocycles. The Morgan fingerprint density at radius 3 is 2.50 bits per heavy atom. The average Bonchev–Trinajstić information content (AvgIpc) is 2.54. The molecule has 3 heteroatoms. The summed E-state index contributed by atoms with van der Waals surface area (Å²) >= 11 is 0. The molecule has 1 aliphatic rings. The number of ether oxygens (including phenoxy) is 1. The summed E-state index contributed by atoms with van der Waals surface area (Å²) in [6.45, 7) is 6.25. The molecule has 1 heterocycles. The van der Waals surface area contributed by atoms with Gasteiger partial charge in [0.1, 0.15) is 11.4 Å². The lowest BCUT2D eigenvalue weighted by atomic mass is 9.89. The quantitative estimate of drug-likeness (QED) is 0.915. The highest BCUT2D eigenvalue weighted by molar-refractivity contribution is 5.79. The fourth-order valence-corrected chi connectivity index (χ4v) is 3.25. The van der Waals surface area contributed by atoms with E-state index in [0.29, 0.717) is 6.42 Å². The van der Waals surface area contributed by atoms with E-state index in [1.165, 1.54) is 5.56 Å². The number of carbonyl (C=O) groups is 1. The third kappa shape index (κ3) is 3.78. The monoisotopic (exact) mass is 323 g/mol. The van der Waals surface area contributed by atoms with Crippen LogP contribution in [-0.4, -0.2) is 11.5 Å². The molecule has 0 aliphatic carbocycles. The van der Waals surface area contributed by atoms with Gasteiger partial charge in [-0.15, -0.1) is 0 Å². The van der Waals surface area contributed by atoms with E-state index < -0.39 is 0 Å². The van der Waals surface area contributed by atoms with Gasteiger partial charge >= 0.3 is 0 Å². The third-order valence-corrected chi connectivity index (χ3v) is 4.51. The summed E-state index contributed by atoms with van der Waals surface area (Å²) in [5, 5.41) is 3.19. The highest BCUT2D eigenvalue weighted by Gasteiger charge is 2.34. The molecule has 0 spiro atoms. The minimum Gasteiger partial charge on any atom is -0.487 e. The van der Waals surface area contributed by atoms with Crippen LogP contribution < -0.4 is 10.1 Å². The largest absolute Gasteiger partial charge is 0.487 e. The van der Waals surface area contributed by atoms with Crippen LogP contribution in [0.2, 0.25) is 0 Å². The summed E-state index contributed by atoms with van der Waals surface area (Å²) in [5.41, 5.74) is 3.12. The molecular weight excluding hydrogens is 298 g/mol. The van der Waals surface area contributed by atoms with E-state index in [1.54, 1.807) is 0 Å². The van der Waals surface area contributed by atoms with Gasteiger partial charge < -0.3 is 10.1 Å². The van der Waals surface area contributed by atoms with Crippen molar-refractivity contribution in [2.24, 2.45) is 0 Å². The van der Waals surface area contributed by atoms with Crippen molar-refractivity contribution in [2.45, 2.75) is 51.7 Å². The van der Waals surface area contributed by atoms with E-state index in [1.807, 2.05) is 36.4 Å². The molecule has 0 unspecified atom stereocenters. The number of benzene rings is 2. The first-order valence-electron chi connectivity index (χ1n) is 8.62. The topological polar surface area (TPSA) is 38.3 Å². The molecule has 2 aromatic rings. The molecule has 0 bridgehead atoms. The summed E-state index contributed by atoms with van der Waals surface area (Å²) in [7, 11) is 0. The second kappa shape index (κ2) is 6.68. The summed E-state index contributed by atoms with van der Waals surface area (Å²) in [6, 6.07) is 16.2. The first-order valence-corrected chi connectivity index (χ1v) is 8.62. The second-order valence-electron chi connectivity index (χ2n) is 7.07. The van der Waals surface area contributed by atoms with E-state index >= 15 is 0 Å². The van der Waals surface area contributed by atoms with Crippen LogP contribution in [0, 0.1) is 0 Å². The molecule has 24 heavy (non-hydrogen) atoms. The molecule has 1 atom stereocenters. The van der Waals surface area contributed by atoms with Crippen molar-refractivity contribution in [3.05, 3.63) is 65.2 Å². The van der Waals surface area contributed by atoms with Crippen LogP contribution in [0.5, 0.6) is 5.75 Å². The summed E-state index contributed by atoms with van der Waals surface area (Å²) in [6.07, 6.45) is 2.19. The number of hydrogen-bond acceptors (Lipinski definition) is 2. The smallest absolute Gasteiger partial charge is 0.224 e. The van der Waals surface area contributed by atoms with Crippen molar-refractivity contribution in [3.8, 4) is 5.75 Å². The number of rotatable bonds is 4. The molecule has 1 amide bonds. The van der Waals surface area contributed by atoms with Crippen LogP contribution in [0.15, 0.2) is 48.5 Å². The van der Waals surface area contributed by atoms with Crippen molar-refractivity contribution in [2.75, 3.05) is 0 Å². The number of amides is 1. The van der Waals surface area contributed by atoms with Gasteiger partial charge in [-0.25, -0.2) is 0 Å². The highest BCUT2D eigenvalue weighted by atomic mass is 16.5. The molecular formula is C21H25NO2. The fourth-order valence-electron chi connectivity index (χ4n) is 3.25. The van der Waals surface area contributed by atoms with E-state index in [4.69, 9.17) is 4.74 Å². The molecule has 3 nitrogen and oxygen atoms in total. The van der Waals surface area contributed by atoms with Crippen LogP contribution in [0.4, 0.5) is 0 Å². The Hall–Kier alpha value is -2.29. The minimum atomic E-state index is -0.283. The maximum atomic E-state index is 12.5. The Morgan fingerprint density at radius 2 is 1.79 bits per heavy atom. The number of hydrogen-bond donors (Lipinski definition) is 1. The van der Waals surface area contributed by atoms with Crippen molar-refractivity contribution in [1.29, 1.82) is 0 Å². The van der Waals surface area contributed by atoms with Gasteiger partial charge in [-0.3, -0.25) is 4.79 Å². The number of para-hydroxylation sites is 1. The Bertz CT molecular complexity index is 719. The van der Waals surface area contributed by atoms with Crippen LogP contribution in [0.25, 0.3) is 0 Å². The van der Waals surface area contributed by atoms with Crippen LogP contribution in [-0.2, 0) is 17.6 Å². The highest BCUT2D eigenvalue weighted by Crippen LogP contribution is 2.39. The molecule has 0 radical (unpaired) electrons. The Balaban J connectivity index is 1.71. The van der Waals surface area contributed by atoms with Gasteiger partial charge in [0.15, 0.2) is 0 Å². The Kier molecular flexibility index (Phi) is 4.61. The molecule has 1 N–H and O–H groups in total. The Labute approximate surface area is 144 Å². The molecule has 1 aliphatic heterocycles. The number of fused-ring (bicyclic) bond motifs is 1. The normalized spacial score (nSPS) is 18.4. The second-order valence-corrected chi connectivity index (χ2v) is 7.07. The number of carbonyl (C=O) groups excluding carboxylic acids is 1. The molecule has 0 saturated heterocycles. The zero-order chi connectivity index (χ0) is 17.2. The van der Waals surface area contributed by atoms with Gasteiger partial charge in [-0.05, 0) is 37.5 Å². The van der Waals surface area contributed by atoms with Crippen molar-refractivity contribution in [3.63, 3.8) is 0 Å². The van der Waals surface area contributed by atoms with E-state index in [-0.39, 0.29) is 17.6 Å². The predicted octanol–water partition coefficient (Wildman–Crippen LogP) is 4.21. The lowest BCUT2D eigenvalue weighted by molar-refractivity contribution is -0.121. The number of nitrogens with one attached hydrogen (secondary N) is 1. The third-order valence-electron chi connectivity index (χ3n) is 4.51. The van der Waals surface area contributed by atoms with Gasteiger partial charge in [0, 0.05) is 12.0 Å². The average molecular weight is 323 g/mol. The molecule has 0 aromatic heterocycles. The van der Waals surface area contributed by atoms with Gasteiger partial charge in [0.25, 0.3) is 0 Å². The lowest BCUT2D eigenvalue weighted by Crippen LogP contribution is -2.41. The van der Waals surface area contributed by atoms with Crippen LogP contribution >= 0.6 is 0 Å². The zero-order valence-corrected chi connectivity index (χ0v) is 14.6. The van der Waals surface area contributed by atoms with Crippen molar-refractivity contribution >= 4 is 5.91 Å². The van der Waals surface area contributed by atoms with E-state index in [2.05, 4.69) is 38.2 Å². The first kappa shape index (κ1) is 16.6. The standard InChI is InChI=1S/C21H25NO2/c1-4-15-9-11-16(12-10-15)13-20(23)22-18-14-21(2,3)24-19-8-6-5-7-17(18)19/h5-12,18H,4,13-14H2,1-3H3,(H,22,23)/t18-/m1/s1. The first-order chi connectivity index (χ1) is 11.5. The van der Waals surface area contributed by atoms with Crippen LogP contribution in [0.3, 0.4) is 0 Å². The van der Waals surface area contributed by atoms with E-state index in [0.717, 1.165) is 29.7 Å². The van der Waals surface area contributed by atoms with Gasteiger partial charge in [0.05, 0.1) is 12.5 Å². The van der Waals surface area contributed by atoms with Gasteiger partial charge in [-0.2, -0.15) is 0 Å². The maximum Gasteiger partial charge on any atom is 0.224 e. The summed E-state index contributed by atoms with van der Waals surface area (Å²) < 4.78 is 6.02. The fraction of sp³-hybridized carbons (Fsp3) is 0.381. The predicted molar refractivity (Wildman–Crippen MR) is 96.2 cm³/mol. The van der Waals surface area contributed by atoms with Gasteiger partial charge in [-0.1, -0.05) is 49.4 Å². The van der Waals surface area contributed by atoms with Gasteiger partial charge in [0.2, 0.25) is 5.91 Å². The minimum absolute atomic E-state index is 0.00707. The molecule has 3 rings (SSSR count). The summed E-state index contributed by atoms with van der Waals surface area (Å²) in [4.78, 5) is 12.5.